The van der Waals surface area contributed by atoms with E-state index in [0.717, 1.165) is 13.0 Å². The number of hydrogen-bond acceptors (Lipinski definition) is 2. The van der Waals surface area contributed by atoms with E-state index in [1.165, 1.54) is 5.56 Å². The van der Waals surface area contributed by atoms with Gasteiger partial charge in [-0.25, -0.2) is 0 Å². The zero-order valence-electron chi connectivity index (χ0n) is 10.4. The summed E-state index contributed by atoms with van der Waals surface area (Å²) in [6.45, 7) is 5.28. The molecular weight excluding hydrogens is 230 g/mol. The van der Waals surface area contributed by atoms with Crippen LogP contribution in [0.15, 0.2) is 30.3 Å². The number of carbonyl (C=O) groups is 1. The number of nitrogens with zero attached hydrogens (tertiary/aromatic N) is 1. The molecule has 1 aliphatic rings. The summed E-state index contributed by atoms with van der Waals surface area (Å²) in [5.74, 6) is 1.55. The fourth-order valence-corrected chi connectivity index (χ4v) is 3.21. The van der Waals surface area contributed by atoms with Gasteiger partial charge < -0.3 is 4.90 Å². The van der Waals surface area contributed by atoms with Gasteiger partial charge in [-0.1, -0.05) is 44.2 Å². The first kappa shape index (κ1) is 12.5. The Labute approximate surface area is 107 Å². The van der Waals surface area contributed by atoms with Crippen molar-refractivity contribution < 1.29 is 4.79 Å². The van der Waals surface area contributed by atoms with Gasteiger partial charge in [0.15, 0.2) is 0 Å². The molecule has 0 spiro atoms. The van der Waals surface area contributed by atoms with Crippen molar-refractivity contribution in [1.82, 2.24) is 4.90 Å². The molecule has 1 aliphatic heterocycles. The number of rotatable bonds is 4. The minimum absolute atomic E-state index is 0.224. The molecule has 2 rings (SSSR count). The highest BCUT2D eigenvalue weighted by molar-refractivity contribution is 8.00. The third-order valence-corrected chi connectivity index (χ3v) is 4.26. The van der Waals surface area contributed by atoms with E-state index in [9.17, 15) is 4.79 Å². The fourth-order valence-electron chi connectivity index (χ4n) is 1.99. The molecule has 0 saturated carbocycles. The van der Waals surface area contributed by atoms with Crippen molar-refractivity contribution in [3.63, 3.8) is 0 Å². The van der Waals surface area contributed by atoms with E-state index in [-0.39, 0.29) is 11.3 Å². The second-order valence-corrected chi connectivity index (χ2v) is 5.91. The molecule has 0 aliphatic carbocycles. The van der Waals surface area contributed by atoms with Gasteiger partial charge in [-0.3, -0.25) is 4.79 Å². The smallest absolute Gasteiger partial charge is 0.233 e. The number of amides is 1. The van der Waals surface area contributed by atoms with Crippen molar-refractivity contribution in [3.8, 4) is 0 Å². The number of carbonyl (C=O) groups excluding carboxylic acids is 1. The van der Waals surface area contributed by atoms with Crippen LogP contribution in [0.5, 0.6) is 0 Å². The quantitative estimate of drug-likeness (QED) is 0.816. The first-order valence-electron chi connectivity index (χ1n) is 6.14. The van der Waals surface area contributed by atoms with Crippen LogP contribution in [0.1, 0.15) is 31.2 Å². The topological polar surface area (TPSA) is 20.3 Å². The van der Waals surface area contributed by atoms with Crippen LogP contribution < -0.4 is 0 Å². The maximum Gasteiger partial charge on any atom is 0.233 e. The van der Waals surface area contributed by atoms with Crippen LogP contribution in [-0.2, 0) is 4.79 Å². The molecule has 0 aromatic heterocycles. The molecule has 1 fully saturated rings. The summed E-state index contributed by atoms with van der Waals surface area (Å²) in [4.78, 5) is 13.9. The van der Waals surface area contributed by atoms with Gasteiger partial charge in [0.25, 0.3) is 0 Å². The number of thioether (sulfide) groups is 1. The summed E-state index contributed by atoms with van der Waals surface area (Å²) in [7, 11) is 0. The Kier molecular flexibility index (Phi) is 4.11. The van der Waals surface area contributed by atoms with Crippen LogP contribution in [-0.4, -0.2) is 23.1 Å². The molecule has 0 radical (unpaired) electrons. The highest BCUT2D eigenvalue weighted by Crippen LogP contribution is 2.38. The Morgan fingerprint density at radius 2 is 2.06 bits per heavy atom. The first-order valence-corrected chi connectivity index (χ1v) is 7.19. The highest BCUT2D eigenvalue weighted by Gasteiger charge is 2.32. The van der Waals surface area contributed by atoms with Gasteiger partial charge in [-0.2, -0.15) is 0 Å². The van der Waals surface area contributed by atoms with E-state index in [2.05, 4.69) is 26.0 Å². The molecule has 1 amide bonds. The molecule has 1 aromatic carbocycles. The molecule has 0 bridgehead atoms. The van der Waals surface area contributed by atoms with Crippen molar-refractivity contribution in [1.29, 1.82) is 0 Å². The van der Waals surface area contributed by atoms with Crippen molar-refractivity contribution >= 4 is 17.7 Å². The minimum Gasteiger partial charge on any atom is -0.326 e. The predicted molar refractivity (Wildman–Crippen MR) is 72.8 cm³/mol. The molecule has 1 saturated heterocycles. The van der Waals surface area contributed by atoms with E-state index in [1.807, 2.05) is 23.1 Å². The largest absolute Gasteiger partial charge is 0.326 e. The number of hydrogen-bond donors (Lipinski definition) is 0. The zero-order valence-corrected chi connectivity index (χ0v) is 11.2. The van der Waals surface area contributed by atoms with Crippen LogP contribution in [0.4, 0.5) is 0 Å². The molecule has 1 atom stereocenters. The van der Waals surface area contributed by atoms with Gasteiger partial charge in [-0.15, -0.1) is 11.8 Å². The molecule has 1 aromatic rings. The highest BCUT2D eigenvalue weighted by atomic mass is 32.2. The Bertz CT molecular complexity index is 377. The summed E-state index contributed by atoms with van der Waals surface area (Å²) in [6, 6.07) is 10.3. The van der Waals surface area contributed by atoms with Crippen molar-refractivity contribution in [3.05, 3.63) is 35.9 Å². The average molecular weight is 249 g/mol. The Morgan fingerprint density at radius 3 is 2.71 bits per heavy atom. The van der Waals surface area contributed by atoms with Gasteiger partial charge in [0.2, 0.25) is 5.91 Å². The molecule has 0 unspecified atom stereocenters. The van der Waals surface area contributed by atoms with E-state index < -0.39 is 0 Å². The zero-order chi connectivity index (χ0) is 12.3. The molecule has 2 nitrogen and oxygen atoms in total. The van der Waals surface area contributed by atoms with Crippen LogP contribution in [0.25, 0.3) is 0 Å². The van der Waals surface area contributed by atoms with Gasteiger partial charge in [0, 0.05) is 6.54 Å². The lowest BCUT2D eigenvalue weighted by atomic mass is 10.1. The van der Waals surface area contributed by atoms with Crippen molar-refractivity contribution in [2.24, 2.45) is 5.92 Å². The monoisotopic (exact) mass is 249 g/mol. The molecule has 3 heteroatoms. The first-order chi connectivity index (χ1) is 8.18. The standard InChI is InChI=1S/C14H19NOS/c1-11(2)8-9-15-13(16)10-17-14(15)12-6-4-3-5-7-12/h3-7,11,14H,8-10H2,1-2H3/t14-/m0/s1. The minimum atomic E-state index is 0.224. The summed E-state index contributed by atoms with van der Waals surface area (Å²) < 4.78 is 0. The second-order valence-electron chi connectivity index (χ2n) is 4.84. The Balaban J connectivity index is 2.08. The molecular formula is C14H19NOS. The maximum absolute atomic E-state index is 11.9. The number of benzene rings is 1. The van der Waals surface area contributed by atoms with Crippen molar-refractivity contribution in [2.75, 3.05) is 12.3 Å². The Hall–Kier alpha value is -0.960. The molecule has 17 heavy (non-hydrogen) atoms. The van der Waals surface area contributed by atoms with Gasteiger partial charge in [-0.05, 0) is 17.9 Å². The van der Waals surface area contributed by atoms with E-state index >= 15 is 0 Å². The second kappa shape index (κ2) is 5.58. The summed E-state index contributed by atoms with van der Waals surface area (Å²) in [5.41, 5.74) is 1.24. The van der Waals surface area contributed by atoms with Crippen LogP contribution in [0.3, 0.4) is 0 Å². The van der Waals surface area contributed by atoms with Gasteiger partial charge in [0.05, 0.1) is 5.75 Å². The molecule has 0 N–H and O–H groups in total. The summed E-state index contributed by atoms with van der Waals surface area (Å²) >= 11 is 1.74. The van der Waals surface area contributed by atoms with E-state index in [1.54, 1.807) is 11.8 Å². The summed E-state index contributed by atoms with van der Waals surface area (Å²) in [6.07, 6.45) is 1.08. The lowest BCUT2D eigenvalue weighted by Crippen LogP contribution is -2.29. The van der Waals surface area contributed by atoms with E-state index in [4.69, 9.17) is 0 Å². The normalized spacial score (nSPS) is 20.3. The van der Waals surface area contributed by atoms with Gasteiger partial charge >= 0.3 is 0 Å². The fraction of sp³-hybridized carbons (Fsp3) is 0.500. The summed E-state index contributed by atoms with van der Waals surface area (Å²) in [5, 5.41) is 0.224. The molecule has 92 valence electrons. The predicted octanol–water partition coefficient (Wildman–Crippen LogP) is 3.31. The van der Waals surface area contributed by atoms with Gasteiger partial charge in [0.1, 0.15) is 5.37 Å². The van der Waals surface area contributed by atoms with Crippen LogP contribution in [0.2, 0.25) is 0 Å². The Morgan fingerprint density at radius 1 is 1.35 bits per heavy atom. The van der Waals surface area contributed by atoms with Crippen molar-refractivity contribution in [2.45, 2.75) is 25.6 Å². The van der Waals surface area contributed by atoms with Crippen LogP contribution in [0, 0.1) is 5.92 Å². The lowest BCUT2D eigenvalue weighted by Gasteiger charge is -2.25. The average Bonchev–Trinajstić information content (AvgIpc) is 2.69. The SMILES string of the molecule is CC(C)CCN1C(=O)CS[C@H]1c1ccccc1. The molecule has 1 heterocycles. The maximum atomic E-state index is 11.9. The van der Waals surface area contributed by atoms with E-state index in [0.29, 0.717) is 11.7 Å². The lowest BCUT2D eigenvalue weighted by molar-refractivity contribution is -0.128. The van der Waals surface area contributed by atoms with Crippen LogP contribution >= 0.6 is 11.8 Å². The third kappa shape index (κ3) is 3.03. The third-order valence-electron chi connectivity index (χ3n) is 3.00.